The highest BCUT2D eigenvalue weighted by atomic mass is 35.5. The van der Waals surface area contributed by atoms with Crippen LogP contribution in [0.2, 0.25) is 0 Å². The summed E-state index contributed by atoms with van der Waals surface area (Å²) in [7, 11) is 1.86. The molecular formula is C14H22ClN3O2S. The van der Waals surface area contributed by atoms with Crippen LogP contribution in [0.1, 0.15) is 48.5 Å². The van der Waals surface area contributed by atoms with Crippen molar-refractivity contribution in [3.8, 4) is 0 Å². The Balaban J connectivity index is 0.00000220. The molecule has 7 heteroatoms. The van der Waals surface area contributed by atoms with Gasteiger partial charge in [-0.05, 0) is 31.8 Å². The fourth-order valence-electron chi connectivity index (χ4n) is 2.38. The number of Topliss-reactive ketones (excluding diaryl/α,β-unsaturated/α-hetero) is 1. The van der Waals surface area contributed by atoms with Crippen molar-refractivity contribution in [2.24, 2.45) is 5.41 Å². The normalized spacial score (nSPS) is 16.0. The first-order chi connectivity index (χ1) is 9.41. The molecule has 1 aliphatic rings. The lowest BCUT2D eigenvalue weighted by Gasteiger charge is -2.26. The molecule has 1 aromatic rings. The number of nitrogens with zero attached hydrogens (tertiary/aromatic N) is 1. The number of ketones is 1. The zero-order chi connectivity index (χ0) is 14.8. The van der Waals surface area contributed by atoms with Gasteiger partial charge in [0, 0.05) is 12.8 Å². The van der Waals surface area contributed by atoms with E-state index in [0.29, 0.717) is 18.0 Å². The van der Waals surface area contributed by atoms with Crippen LogP contribution in [0.4, 0.5) is 5.13 Å². The van der Waals surface area contributed by atoms with Gasteiger partial charge in [-0.25, -0.2) is 4.98 Å². The Bertz CT molecular complexity index is 528. The smallest absolute Gasteiger partial charge is 0.226 e. The van der Waals surface area contributed by atoms with E-state index in [4.69, 9.17) is 0 Å². The molecule has 1 amide bonds. The fourth-order valence-corrected chi connectivity index (χ4v) is 3.32. The first-order valence-corrected chi connectivity index (χ1v) is 7.70. The largest absolute Gasteiger partial charge is 0.320 e. The van der Waals surface area contributed by atoms with Gasteiger partial charge in [-0.2, -0.15) is 0 Å². The minimum Gasteiger partial charge on any atom is -0.320 e. The monoisotopic (exact) mass is 331 g/mol. The van der Waals surface area contributed by atoms with Crippen LogP contribution in [0, 0.1) is 5.41 Å². The second kappa shape index (κ2) is 7.33. The number of aromatic nitrogens is 1. The molecule has 0 spiro atoms. The van der Waals surface area contributed by atoms with Crippen molar-refractivity contribution < 1.29 is 9.59 Å². The van der Waals surface area contributed by atoms with E-state index >= 15 is 0 Å². The molecule has 0 saturated carbocycles. The van der Waals surface area contributed by atoms with E-state index in [-0.39, 0.29) is 29.5 Å². The van der Waals surface area contributed by atoms with Crippen molar-refractivity contribution in [2.75, 3.05) is 18.9 Å². The minimum atomic E-state index is -0.0435. The van der Waals surface area contributed by atoms with Gasteiger partial charge in [0.2, 0.25) is 5.91 Å². The Morgan fingerprint density at radius 2 is 2.10 bits per heavy atom. The summed E-state index contributed by atoms with van der Waals surface area (Å²) >= 11 is 1.30. The lowest BCUT2D eigenvalue weighted by Crippen LogP contribution is -2.26. The molecule has 1 aliphatic carbocycles. The molecule has 0 fully saturated rings. The van der Waals surface area contributed by atoms with Gasteiger partial charge in [0.05, 0.1) is 10.6 Å². The van der Waals surface area contributed by atoms with Crippen molar-refractivity contribution >= 4 is 40.6 Å². The van der Waals surface area contributed by atoms with E-state index in [1.54, 1.807) is 0 Å². The maximum atomic E-state index is 12.1. The molecular weight excluding hydrogens is 310 g/mol. The Morgan fingerprint density at radius 3 is 2.76 bits per heavy atom. The third-order valence-electron chi connectivity index (χ3n) is 3.31. The Hall–Kier alpha value is -0.980. The Kier molecular flexibility index (Phi) is 6.31. The minimum absolute atomic E-state index is 0. The summed E-state index contributed by atoms with van der Waals surface area (Å²) in [6.45, 7) is 4.96. The number of thiazole rings is 1. The molecule has 118 valence electrons. The van der Waals surface area contributed by atoms with Gasteiger partial charge in [-0.3, -0.25) is 9.59 Å². The topological polar surface area (TPSA) is 71.1 Å². The molecule has 0 radical (unpaired) electrons. The highest BCUT2D eigenvalue weighted by molar-refractivity contribution is 7.17. The second-order valence-electron chi connectivity index (χ2n) is 5.99. The van der Waals surface area contributed by atoms with Gasteiger partial charge in [0.25, 0.3) is 0 Å². The SMILES string of the molecule is CNCCCC(=O)Nc1nc2c(s1)C(=O)CC(C)(C)C2.Cl. The molecule has 0 unspecified atom stereocenters. The van der Waals surface area contributed by atoms with Crippen LogP contribution in [0.3, 0.4) is 0 Å². The number of halogens is 1. The van der Waals surface area contributed by atoms with Crippen LogP contribution < -0.4 is 10.6 Å². The maximum Gasteiger partial charge on any atom is 0.226 e. The Morgan fingerprint density at radius 1 is 1.38 bits per heavy atom. The predicted octanol–water partition coefficient (Wildman–Crippen LogP) is 2.66. The fraction of sp³-hybridized carbons (Fsp3) is 0.643. The summed E-state index contributed by atoms with van der Waals surface area (Å²) < 4.78 is 0. The zero-order valence-corrected chi connectivity index (χ0v) is 14.2. The number of carbonyl (C=O) groups excluding carboxylic acids is 2. The van der Waals surface area contributed by atoms with Gasteiger partial charge in [-0.15, -0.1) is 12.4 Å². The van der Waals surface area contributed by atoms with E-state index in [2.05, 4.69) is 29.5 Å². The third kappa shape index (κ3) is 4.76. The number of amides is 1. The second-order valence-corrected chi connectivity index (χ2v) is 6.99. The van der Waals surface area contributed by atoms with Gasteiger partial charge >= 0.3 is 0 Å². The molecule has 0 bridgehead atoms. The number of fused-ring (bicyclic) bond motifs is 1. The van der Waals surface area contributed by atoms with Gasteiger partial charge in [0.1, 0.15) is 0 Å². The average Bonchev–Trinajstić information content (AvgIpc) is 2.70. The van der Waals surface area contributed by atoms with E-state index in [1.807, 2.05) is 7.05 Å². The molecule has 1 aromatic heterocycles. The molecule has 2 rings (SSSR count). The summed E-state index contributed by atoms with van der Waals surface area (Å²) in [6, 6.07) is 0. The van der Waals surface area contributed by atoms with Crippen molar-refractivity contribution in [3.63, 3.8) is 0 Å². The summed E-state index contributed by atoms with van der Waals surface area (Å²) in [5.74, 6) is 0.0995. The molecule has 5 nitrogen and oxygen atoms in total. The maximum absolute atomic E-state index is 12.1. The number of nitrogens with one attached hydrogen (secondary N) is 2. The highest BCUT2D eigenvalue weighted by Crippen LogP contribution is 2.38. The standard InChI is InChI=1S/C14H21N3O2S.ClH/c1-14(2)7-9-12(10(18)8-14)20-13(16-9)17-11(19)5-4-6-15-3;/h15H,4-8H2,1-3H3,(H,16,17,19);1H. The summed E-state index contributed by atoms with van der Waals surface area (Å²) in [5.41, 5.74) is 0.799. The molecule has 2 N–H and O–H groups in total. The van der Waals surface area contributed by atoms with Crippen molar-refractivity contribution in [1.82, 2.24) is 10.3 Å². The number of anilines is 1. The molecule has 0 saturated heterocycles. The van der Waals surface area contributed by atoms with Crippen LogP contribution in [-0.4, -0.2) is 30.3 Å². The third-order valence-corrected chi connectivity index (χ3v) is 4.37. The molecule has 0 aromatic carbocycles. The first kappa shape index (κ1) is 18.1. The average molecular weight is 332 g/mol. The van der Waals surface area contributed by atoms with Crippen LogP contribution in [0.15, 0.2) is 0 Å². The Labute approximate surface area is 135 Å². The number of rotatable bonds is 5. The van der Waals surface area contributed by atoms with E-state index in [1.165, 1.54) is 11.3 Å². The van der Waals surface area contributed by atoms with E-state index < -0.39 is 0 Å². The number of hydrogen-bond donors (Lipinski definition) is 2. The molecule has 0 atom stereocenters. The van der Waals surface area contributed by atoms with Crippen LogP contribution in [0.25, 0.3) is 0 Å². The van der Waals surface area contributed by atoms with Crippen LogP contribution >= 0.6 is 23.7 Å². The van der Waals surface area contributed by atoms with Crippen molar-refractivity contribution in [2.45, 2.75) is 39.5 Å². The zero-order valence-electron chi connectivity index (χ0n) is 12.6. The van der Waals surface area contributed by atoms with Crippen LogP contribution in [-0.2, 0) is 11.2 Å². The quantitative estimate of drug-likeness (QED) is 0.814. The van der Waals surface area contributed by atoms with E-state index in [0.717, 1.165) is 30.0 Å². The molecule has 0 aliphatic heterocycles. The summed E-state index contributed by atoms with van der Waals surface area (Å²) in [4.78, 5) is 28.9. The van der Waals surface area contributed by atoms with Crippen molar-refractivity contribution in [3.05, 3.63) is 10.6 Å². The molecule has 21 heavy (non-hydrogen) atoms. The van der Waals surface area contributed by atoms with E-state index in [9.17, 15) is 9.59 Å². The number of carbonyl (C=O) groups is 2. The van der Waals surface area contributed by atoms with Crippen LogP contribution in [0.5, 0.6) is 0 Å². The summed E-state index contributed by atoms with van der Waals surface area (Å²) in [5, 5.41) is 6.35. The van der Waals surface area contributed by atoms with Gasteiger partial charge < -0.3 is 10.6 Å². The first-order valence-electron chi connectivity index (χ1n) is 6.89. The number of hydrogen-bond acceptors (Lipinski definition) is 5. The lowest BCUT2D eigenvalue weighted by atomic mass is 9.78. The van der Waals surface area contributed by atoms with Crippen molar-refractivity contribution in [1.29, 1.82) is 0 Å². The lowest BCUT2D eigenvalue weighted by molar-refractivity contribution is -0.116. The van der Waals surface area contributed by atoms with Gasteiger partial charge in [-0.1, -0.05) is 25.2 Å². The molecule has 1 heterocycles. The predicted molar refractivity (Wildman–Crippen MR) is 87.6 cm³/mol. The van der Waals surface area contributed by atoms with Gasteiger partial charge in [0.15, 0.2) is 10.9 Å². The summed E-state index contributed by atoms with van der Waals surface area (Å²) in [6.07, 6.45) is 2.60. The highest BCUT2D eigenvalue weighted by Gasteiger charge is 2.33.